The minimum atomic E-state index is -0.472. The molecule has 2 unspecified atom stereocenters. The Hall–Kier alpha value is -1.52. The monoisotopic (exact) mass is 268 g/mol. The van der Waals surface area contributed by atoms with Crippen LogP contribution in [0.25, 0.3) is 0 Å². The van der Waals surface area contributed by atoms with E-state index in [4.69, 9.17) is 4.74 Å². The molecule has 0 saturated heterocycles. The second kappa shape index (κ2) is 6.59. The van der Waals surface area contributed by atoms with Crippen molar-refractivity contribution >= 4 is 12.0 Å². The molecule has 1 fully saturated rings. The van der Waals surface area contributed by atoms with Gasteiger partial charge in [-0.25, -0.2) is 4.79 Å². The lowest BCUT2D eigenvalue weighted by Crippen LogP contribution is -2.35. The van der Waals surface area contributed by atoms with Crippen molar-refractivity contribution in [2.75, 3.05) is 6.54 Å². The summed E-state index contributed by atoms with van der Waals surface area (Å²) in [5, 5.41) is 5.66. The highest BCUT2D eigenvalue weighted by molar-refractivity contribution is 5.87. The maximum Gasteiger partial charge on any atom is 0.407 e. The van der Waals surface area contributed by atoms with Gasteiger partial charge in [-0.05, 0) is 52.0 Å². The van der Waals surface area contributed by atoms with Gasteiger partial charge < -0.3 is 15.4 Å². The Morgan fingerprint density at radius 3 is 2.63 bits per heavy atom. The number of nitrogens with one attached hydrogen (secondary N) is 2. The molecule has 0 radical (unpaired) electrons. The molecule has 19 heavy (non-hydrogen) atoms. The number of alkyl carbamates (subject to hydrolysis) is 1. The van der Waals surface area contributed by atoms with Crippen molar-refractivity contribution in [3.63, 3.8) is 0 Å². The molecule has 1 aliphatic rings. The highest BCUT2D eigenvalue weighted by atomic mass is 16.6. The zero-order valence-corrected chi connectivity index (χ0v) is 12.0. The van der Waals surface area contributed by atoms with E-state index in [2.05, 4.69) is 17.2 Å². The van der Waals surface area contributed by atoms with Crippen molar-refractivity contribution < 1.29 is 14.3 Å². The molecule has 1 rings (SSSR count). The average Bonchev–Trinajstić information content (AvgIpc) is 2.71. The van der Waals surface area contributed by atoms with E-state index in [1.807, 2.05) is 20.8 Å². The van der Waals surface area contributed by atoms with E-state index in [0.29, 0.717) is 12.5 Å². The van der Waals surface area contributed by atoms with E-state index >= 15 is 0 Å². The Bertz CT molecular complexity index is 347. The van der Waals surface area contributed by atoms with Gasteiger partial charge in [0.1, 0.15) is 5.60 Å². The second-order valence-corrected chi connectivity index (χ2v) is 5.97. The molecule has 0 aromatic rings. The van der Waals surface area contributed by atoms with Crippen LogP contribution in [0.2, 0.25) is 0 Å². The smallest absolute Gasteiger partial charge is 0.407 e. The van der Waals surface area contributed by atoms with Crippen molar-refractivity contribution in [3.05, 3.63) is 12.7 Å². The van der Waals surface area contributed by atoms with Gasteiger partial charge >= 0.3 is 6.09 Å². The van der Waals surface area contributed by atoms with E-state index < -0.39 is 5.60 Å². The molecule has 1 saturated carbocycles. The zero-order valence-electron chi connectivity index (χ0n) is 12.0. The summed E-state index contributed by atoms with van der Waals surface area (Å²) in [7, 11) is 0. The molecular formula is C14H24N2O3. The summed E-state index contributed by atoms with van der Waals surface area (Å²) in [6.45, 7) is 9.53. The third-order valence-corrected chi connectivity index (χ3v) is 3.01. The van der Waals surface area contributed by atoms with Gasteiger partial charge in [-0.1, -0.05) is 6.58 Å². The van der Waals surface area contributed by atoms with Crippen molar-refractivity contribution in [2.45, 2.75) is 51.7 Å². The van der Waals surface area contributed by atoms with Crippen LogP contribution in [0.4, 0.5) is 4.79 Å². The normalized spacial score (nSPS) is 22.7. The third kappa shape index (κ3) is 6.27. The quantitative estimate of drug-likeness (QED) is 0.766. The van der Waals surface area contributed by atoms with Gasteiger partial charge in [-0.3, -0.25) is 4.79 Å². The lowest BCUT2D eigenvalue weighted by atomic mass is 10.1. The number of ether oxygens (including phenoxy) is 1. The number of rotatable bonds is 4. The van der Waals surface area contributed by atoms with Crippen LogP contribution >= 0.6 is 0 Å². The van der Waals surface area contributed by atoms with Gasteiger partial charge in [-0.2, -0.15) is 0 Å². The van der Waals surface area contributed by atoms with E-state index in [9.17, 15) is 9.59 Å². The Morgan fingerprint density at radius 2 is 2.05 bits per heavy atom. The summed E-state index contributed by atoms with van der Waals surface area (Å²) < 4.78 is 5.17. The minimum absolute atomic E-state index is 0.134. The molecule has 0 spiro atoms. The van der Waals surface area contributed by atoms with E-state index in [1.54, 1.807) is 0 Å². The highest BCUT2D eigenvalue weighted by Crippen LogP contribution is 2.25. The van der Waals surface area contributed by atoms with Gasteiger partial charge in [0, 0.05) is 12.6 Å². The summed E-state index contributed by atoms with van der Waals surface area (Å²) in [5.41, 5.74) is -0.472. The van der Waals surface area contributed by atoms with Gasteiger partial charge in [0.2, 0.25) is 5.91 Å². The van der Waals surface area contributed by atoms with Gasteiger partial charge in [-0.15, -0.1) is 0 Å². The predicted octanol–water partition coefficient (Wildman–Crippen LogP) is 1.98. The third-order valence-electron chi connectivity index (χ3n) is 3.01. The van der Waals surface area contributed by atoms with E-state index in [-0.39, 0.29) is 18.0 Å². The summed E-state index contributed by atoms with van der Waals surface area (Å²) in [4.78, 5) is 22.7. The number of hydrogen-bond acceptors (Lipinski definition) is 3. The van der Waals surface area contributed by atoms with E-state index in [0.717, 1.165) is 19.3 Å². The fourth-order valence-electron chi connectivity index (χ4n) is 2.19. The Labute approximate surface area is 114 Å². The van der Waals surface area contributed by atoms with Crippen LogP contribution in [0.15, 0.2) is 12.7 Å². The molecule has 2 atom stereocenters. The number of amides is 2. The average molecular weight is 268 g/mol. The van der Waals surface area contributed by atoms with Gasteiger partial charge in [0.25, 0.3) is 0 Å². The lowest BCUT2D eigenvalue weighted by molar-refractivity contribution is -0.117. The molecule has 2 amide bonds. The minimum Gasteiger partial charge on any atom is -0.444 e. The first-order valence-corrected chi connectivity index (χ1v) is 6.70. The molecule has 5 nitrogen and oxygen atoms in total. The number of hydrogen-bond donors (Lipinski definition) is 2. The topological polar surface area (TPSA) is 67.4 Å². The number of carbonyl (C=O) groups excluding carboxylic acids is 2. The predicted molar refractivity (Wildman–Crippen MR) is 73.7 cm³/mol. The Kier molecular flexibility index (Phi) is 5.39. The number of carbonyl (C=O) groups is 2. The highest BCUT2D eigenvalue weighted by Gasteiger charge is 2.26. The molecule has 5 heteroatoms. The molecule has 0 aliphatic heterocycles. The fraction of sp³-hybridized carbons (Fsp3) is 0.714. The Balaban J connectivity index is 2.23. The fourth-order valence-corrected chi connectivity index (χ4v) is 2.19. The van der Waals surface area contributed by atoms with Crippen LogP contribution in [0.1, 0.15) is 40.0 Å². The molecule has 1 aliphatic carbocycles. The van der Waals surface area contributed by atoms with Crippen LogP contribution < -0.4 is 10.6 Å². The lowest BCUT2D eigenvalue weighted by Gasteiger charge is -2.20. The summed E-state index contributed by atoms with van der Waals surface area (Å²) >= 11 is 0. The molecule has 0 bridgehead atoms. The SMILES string of the molecule is C=CC(=O)NC1CCC(CNC(=O)OC(C)(C)C)C1. The molecule has 0 aromatic heterocycles. The summed E-state index contributed by atoms with van der Waals surface area (Å²) in [6, 6.07) is 0.191. The largest absolute Gasteiger partial charge is 0.444 e. The van der Waals surface area contributed by atoms with Gasteiger partial charge in [0.15, 0.2) is 0 Å². The maximum atomic E-state index is 11.5. The molecular weight excluding hydrogens is 244 g/mol. The second-order valence-electron chi connectivity index (χ2n) is 5.97. The molecule has 108 valence electrons. The van der Waals surface area contributed by atoms with Crippen LogP contribution in [-0.2, 0) is 9.53 Å². The van der Waals surface area contributed by atoms with Crippen molar-refractivity contribution in [3.8, 4) is 0 Å². The van der Waals surface area contributed by atoms with Crippen molar-refractivity contribution in [1.29, 1.82) is 0 Å². The first-order chi connectivity index (χ1) is 8.80. The standard InChI is InChI=1S/C14H24N2O3/c1-5-12(17)16-11-7-6-10(8-11)9-15-13(18)19-14(2,3)4/h5,10-11H,1,6-9H2,2-4H3,(H,15,18)(H,16,17). The van der Waals surface area contributed by atoms with Crippen molar-refractivity contribution in [2.24, 2.45) is 5.92 Å². The Morgan fingerprint density at radius 1 is 1.37 bits per heavy atom. The summed E-state index contributed by atoms with van der Waals surface area (Å²) in [6.07, 6.45) is 3.73. The van der Waals surface area contributed by atoms with Crippen LogP contribution in [-0.4, -0.2) is 30.2 Å². The first-order valence-electron chi connectivity index (χ1n) is 6.70. The van der Waals surface area contributed by atoms with Crippen LogP contribution in [0.5, 0.6) is 0 Å². The van der Waals surface area contributed by atoms with Crippen LogP contribution in [0.3, 0.4) is 0 Å². The maximum absolute atomic E-state index is 11.5. The molecule has 0 heterocycles. The van der Waals surface area contributed by atoms with Crippen LogP contribution in [0, 0.1) is 5.92 Å². The first kappa shape index (κ1) is 15.5. The van der Waals surface area contributed by atoms with E-state index in [1.165, 1.54) is 6.08 Å². The molecule has 2 N–H and O–H groups in total. The molecule has 0 aromatic carbocycles. The summed E-state index contributed by atoms with van der Waals surface area (Å²) in [5.74, 6) is 0.258. The zero-order chi connectivity index (χ0) is 14.5. The van der Waals surface area contributed by atoms with Gasteiger partial charge in [0.05, 0.1) is 0 Å². The van der Waals surface area contributed by atoms with Crippen molar-refractivity contribution in [1.82, 2.24) is 10.6 Å².